The topological polar surface area (TPSA) is 70.2 Å². The van der Waals surface area contributed by atoms with Crippen molar-refractivity contribution in [3.05, 3.63) is 84.2 Å². The second kappa shape index (κ2) is 8.83. The van der Waals surface area contributed by atoms with Crippen molar-refractivity contribution < 1.29 is 4.79 Å². The summed E-state index contributed by atoms with van der Waals surface area (Å²) in [5, 5.41) is 8.52. The number of hydrogen-bond acceptors (Lipinski definition) is 5. The van der Waals surface area contributed by atoms with E-state index in [-0.39, 0.29) is 5.91 Å². The number of hydrogen-bond donors (Lipinski definition) is 2. The molecule has 3 aromatic carbocycles. The fourth-order valence-corrected chi connectivity index (χ4v) is 3.45. The Hall–Kier alpha value is -3.93. The molecule has 1 heterocycles. The summed E-state index contributed by atoms with van der Waals surface area (Å²) < 4.78 is 0. The minimum absolute atomic E-state index is 0.0425. The lowest BCUT2D eigenvalue weighted by molar-refractivity contribution is -0.115. The summed E-state index contributed by atoms with van der Waals surface area (Å²) in [4.78, 5) is 23.4. The quantitative estimate of drug-likeness (QED) is 0.471. The smallest absolute Gasteiger partial charge is 0.228 e. The van der Waals surface area contributed by atoms with Crippen LogP contribution in [0.25, 0.3) is 10.8 Å². The predicted octanol–water partition coefficient (Wildman–Crippen LogP) is 4.93. The number of anilines is 4. The van der Waals surface area contributed by atoms with Gasteiger partial charge < -0.3 is 15.5 Å². The number of aryl methyl sites for hydroxylation is 1. The SMILES string of the molecule is Cc1nc(Nc2ccc(NC(=O)Cc3cccc4ccccc34)cc2)cc(N(C)C)n1. The number of rotatable bonds is 6. The van der Waals surface area contributed by atoms with Crippen LogP contribution in [0.15, 0.2) is 72.8 Å². The first-order valence-corrected chi connectivity index (χ1v) is 10.1. The Balaban J connectivity index is 1.42. The summed E-state index contributed by atoms with van der Waals surface area (Å²) in [6, 6.07) is 23.6. The summed E-state index contributed by atoms with van der Waals surface area (Å²) in [6.45, 7) is 1.87. The maximum absolute atomic E-state index is 12.6. The third kappa shape index (κ3) is 4.98. The fourth-order valence-electron chi connectivity index (χ4n) is 3.45. The second-order valence-electron chi connectivity index (χ2n) is 7.62. The van der Waals surface area contributed by atoms with Crippen molar-refractivity contribution in [1.29, 1.82) is 0 Å². The van der Waals surface area contributed by atoms with E-state index in [2.05, 4.69) is 38.8 Å². The van der Waals surface area contributed by atoms with E-state index >= 15 is 0 Å². The van der Waals surface area contributed by atoms with Crippen molar-refractivity contribution in [1.82, 2.24) is 9.97 Å². The number of nitrogens with one attached hydrogen (secondary N) is 2. The van der Waals surface area contributed by atoms with E-state index in [9.17, 15) is 4.79 Å². The van der Waals surface area contributed by atoms with Gasteiger partial charge in [-0.2, -0.15) is 0 Å². The Kier molecular flexibility index (Phi) is 5.80. The maximum Gasteiger partial charge on any atom is 0.228 e. The number of aromatic nitrogens is 2. The molecule has 6 nitrogen and oxygen atoms in total. The van der Waals surface area contributed by atoms with Gasteiger partial charge in [-0.1, -0.05) is 42.5 Å². The van der Waals surface area contributed by atoms with Crippen molar-refractivity contribution >= 4 is 39.7 Å². The van der Waals surface area contributed by atoms with Gasteiger partial charge in [-0.05, 0) is 47.5 Å². The molecule has 0 saturated heterocycles. The Labute approximate surface area is 182 Å². The Morgan fingerprint density at radius 1 is 0.903 bits per heavy atom. The van der Waals surface area contributed by atoms with Gasteiger partial charge in [0.2, 0.25) is 5.91 Å². The molecule has 1 amide bonds. The summed E-state index contributed by atoms with van der Waals surface area (Å²) in [5.41, 5.74) is 2.66. The third-order valence-corrected chi connectivity index (χ3v) is 4.95. The zero-order valence-electron chi connectivity index (χ0n) is 17.9. The van der Waals surface area contributed by atoms with Crippen LogP contribution in [0.3, 0.4) is 0 Å². The van der Waals surface area contributed by atoms with Crippen LogP contribution in [0.1, 0.15) is 11.4 Å². The Morgan fingerprint density at radius 3 is 2.39 bits per heavy atom. The van der Waals surface area contributed by atoms with E-state index in [1.165, 1.54) is 0 Å². The molecular formula is C25H25N5O. The van der Waals surface area contributed by atoms with Crippen molar-refractivity contribution in [2.75, 3.05) is 29.6 Å². The summed E-state index contributed by atoms with van der Waals surface area (Å²) in [5.74, 6) is 2.22. The molecule has 0 saturated carbocycles. The molecule has 0 aliphatic heterocycles. The molecule has 0 fully saturated rings. The molecule has 4 rings (SSSR count). The summed E-state index contributed by atoms with van der Waals surface area (Å²) in [7, 11) is 3.89. The minimum atomic E-state index is -0.0425. The van der Waals surface area contributed by atoms with Crippen LogP contribution in [-0.4, -0.2) is 30.0 Å². The van der Waals surface area contributed by atoms with Gasteiger partial charge in [-0.25, -0.2) is 9.97 Å². The van der Waals surface area contributed by atoms with Crippen LogP contribution in [0, 0.1) is 6.92 Å². The van der Waals surface area contributed by atoms with Gasteiger partial charge >= 0.3 is 0 Å². The highest BCUT2D eigenvalue weighted by Gasteiger charge is 2.08. The lowest BCUT2D eigenvalue weighted by Crippen LogP contribution is -2.14. The first-order valence-electron chi connectivity index (χ1n) is 10.1. The molecule has 6 heteroatoms. The fraction of sp³-hybridized carbons (Fsp3) is 0.160. The monoisotopic (exact) mass is 411 g/mol. The molecule has 156 valence electrons. The van der Waals surface area contributed by atoms with Gasteiger partial charge in [0.25, 0.3) is 0 Å². The van der Waals surface area contributed by atoms with Gasteiger partial charge in [-0.3, -0.25) is 4.79 Å². The minimum Gasteiger partial charge on any atom is -0.363 e. The average molecular weight is 412 g/mol. The maximum atomic E-state index is 12.6. The van der Waals surface area contributed by atoms with Gasteiger partial charge in [-0.15, -0.1) is 0 Å². The molecule has 1 aromatic heterocycles. The highest BCUT2D eigenvalue weighted by Crippen LogP contribution is 2.22. The molecule has 0 atom stereocenters. The lowest BCUT2D eigenvalue weighted by atomic mass is 10.0. The van der Waals surface area contributed by atoms with Crippen LogP contribution in [0.5, 0.6) is 0 Å². The Morgan fingerprint density at radius 2 is 1.61 bits per heavy atom. The molecule has 31 heavy (non-hydrogen) atoms. The number of amides is 1. The molecule has 0 aliphatic carbocycles. The number of nitrogens with zero attached hydrogens (tertiary/aromatic N) is 3. The van der Waals surface area contributed by atoms with Crippen LogP contribution >= 0.6 is 0 Å². The first-order chi connectivity index (χ1) is 15.0. The number of fused-ring (bicyclic) bond motifs is 1. The highest BCUT2D eigenvalue weighted by molar-refractivity contribution is 5.96. The van der Waals surface area contributed by atoms with E-state index in [1.807, 2.05) is 80.5 Å². The van der Waals surface area contributed by atoms with Crippen LogP contribution in [0.2, 0.25) is 0 Å². The van der Waals surface area contributed by atoms with Crippen molar-refractivity contribution in [3.63, 3.8) is 0 Å². The highest BCUT2D eigenvalue weighted by atomic mass is 16.1. The molecule has 0 radical (unpaired) electrons. The van der Waals surface area contributed by atoms with E-state index in [1.54, 1.807) is 0 Å². The van der Waals surface area contributed by atoms with E-state index < -0.39 is 0 Å². The van der Waals surface area contributed by atoms with Crippen LogP contribution in [0.4, 0.5) is 23.0 Å². The molecule has 0 unspecified atom stereocenters. The molecule has 0 spiro atoms. The molecule has 4 aromatic rings. The average Bonchev–Trinajstić information content (AvgIpc) is 2.75. The van der Waals surface area contributed by atoms with Gasteiger partial charge in [0.15, 0.2) is 0 Å². The first kappa shape index (κ1) is 20.3. The number of carbonyl (C=O) groups excluding carboxylic acids is 1. The van der Waals surface area contributed by atoms with Crippen molar-refractivity contribution in [2.45, 2.75) is 13.3 Å². The van der Waals surface area contributed by atoms with E-state index in [0.29, 0.717) is 12.2 Å². The zero-order valence-corrected chi connectivity index (χ0v) is 17.9. The molecule has 2 N–H and O–H groups in total. The van der Waals surface area contributed by atoms with Gasteiger partial charge in [0.05, 0.1) is 6.42 Å². The predicted molar refractivity (Wildman–Crippen MR) is 127 cm³/mol. The number of benzene rings is 3. The van der Waals surface area contributed by atoms with Gasteiger partial charge in [0.1, 0.15) is 17.5 Å². The Bertz CT molecular complexity index is 1210. The summed E-state index contributed by atoms with van der Waals surface area (Å²) in [6.07, 6.45) is 0.328. The lowest BCUT2D eigenvalue weighted by Gasteiger charge is -2.14. The molecule has 0 bridgehead atoms. The van der Waals surface area contributed by atoms with E-state index in [0.717, 1.165) is 39.3 Å². The second-order valence-corrected chi connectivity index (χ2v) is 7.62. The van der Waals surface area contributed by atoms with Gasteiger partial charge in [0, 0.05) is 31.5 Å². The van der Waals surface area contributed by atoms with Crippen molar-refractivity contribution in [3.8, 4) is 0 Å². The molecule has 0 aliphatic rings. The van der Waals surface area contributed by atoms with Crippen molar-refractivity contribution in [2.24, 2.45) is 0 Å². The standard InChI is InChI=1S/C25H25N5O/c1-17-26-23(16-24(27-17)30(2)3)28-20-11-13-21(14-12-20)29-25(31)15-19-9-6-8-18-7-4-5-10-22(18)19/h4-14,16H,15H2,1-3H3,(H,29,31)(H,26,27,28). The normalized spacial score (nSPS) is 10.7. The number of carbonyl (C=O) groups is 1. The van der Waals surface area contributed by atoms with E-state index in [4.69, 9.17) is 0 Å². The summed E-state index contributed by atoms with van der Waals surface area (Å²) >= 11 is 0. The third-order valence-electron chi connectivity index (χ3n) is 4.95. The largest absolute Gasteiger partial charge is 0.363 e. The zero-order chi connectivity index (χ0) is 21.8. The van der Waals surface area contributed by atoms with Crippen LogP contribution < -0.4 is 15.5 Å². The van der Waals surface area contributed by atoms with Crippen LogP contribution in [-0.2, 0) is 11.2 Å². The molecular weight excluding hydrogens is 386 g/mol.